The zero-order valence-electron chi connectivity index (χ0n) is 18.5. The largest absolute Gasteiger partial charge is 0.372 e. The Morgan fingerprint density at radius 2 is 1.91 bits per heavy atom. The molecule has 4 aromatic rings. The molecule has 0 amide bonds. The molecule has 164 valence electrons. The Morgan fingerprint density at radius 1 is 1.16 bits per heavy atom. The van der Waals surface area contributed by atoms with Crippen molar-refractivity contribution >= 4 is 33.3 Å². The Hall–Kier alpha value is -2.41. The minimum atomic E-state index is 0.0244. The molecule has 1 atom stereocenters. The molecule has 0 N–H and O–H groups in total. The van der Waals surface area contributed by atoms with E-state index in [2.05, 4.69) is 32.9 Å². The summed E-state index contributed by atoms with van der Waals surface area (Å²) in [5.41, 5.74) is 4.39. The maximum Gasteiger partial charge on any atom is 0.267 e. The SMILES string of the molecule is Cc1ccc(-n2c(SCc3ccccc3)nc3sc4c(c3c2=O)C[C@@H](C(C)C)OC4)cc1. The third kappa shape index (κ3) is 4.03. The van der Waals surface area contributed by atoms with Crippen LogP contribution in [0.3, 0.4) is 0 Å². The van der Waals surface area contributed by atoms with Crippen molar-refractivity contribution in [2.24, 2.45) is 5.92 Å². The standard InChI is InChI=1S/C26H26N2O2S2/c1-16(2)21-13-20-22(14-30-21)32-24-23(20)25(29)28(19-11-9-17(3)10-12-19)26(27-24)31-15-18-7-5-4-6-8-18/h4-12,16,21H,13-15H2,1-3H3/t21-/m0/s1. The van der Waals surface area contributed by atoms with Crippen molar-refractivity contribution in [1.29, 1.82) is 0 Å². The van der Waals surface area contributed by atoms with Gasteiger partial charge in [-0.25, -0.2) is 4.98 Å². The summed E-state index contributed by atoms with van der Waals surface area (Å²) in [6, 6.07) is 18.4. The molecule has 0 saturated carbocycles. The first-order valence-corrected chi connectivity index (χ1v) is 12.7. The summed E-state index contributed by atoms with van der Waals surface area (Å²) in [5, 5.41) is 1.50. The van der Waals surface area contributed by atoms with Crippen LogP contribution in [0.4, 0.5) is 0 Å². The molecule has 2 aromatic carbocycles. The molecule has 6 heteroatoms. The molecule has 0 bridgehead atoms. The Bertz CT molecular complexity index is 1310. The van der Waals surface area contributed by atoms with Gasteiger partial charge < -0.3 is 4.74 Å². The van der Waals surface area contributed by atoms with Gasteiger partial charge in [-0.05, 0) is 36.1 Å². The number of thioether (sulfide) groups is 1. The minimum absolute atomic E-state index is 0.0244. The van der Waals surface area contributed by atoms with Gasteiger partial charge in [0.1, 0.15) is 4.83 Å². The van der Waals surface area contributed by atoms with Crippen molar-refractivity contribution in [2.45, 2.75) is 50.8 Å². The molecule has 0 aliphatic carbocycles. The molecule has 3 heterocycles. The lowest BCUT2D eigenvalue weighted by molar-refractivity contribution is 0.00200. The van der Waals surface area contributed by atoms with Crippen LogP contribution in [0, 0.1) is 12.8 Å². The average Bonchev–Trinajstić information content (AvgIpc) is 3.17. The van der Waals surface area contributed by atoms with E-state index in [-0.39, 0.29) is 11.7 Å². The Labute approximate surface area is 196 Å². The van der Waals surface area contributed by atoms with E-state index >= 15 is 0 Å². The second-order valence-corrected chi connectivity index (χ2v) is 10.7. The summed E-state index contributed by atoms with van der Waals surface area (Å²) in [6.45, 7) is 6.97. The number of nitrogens with zero attached hydrogens (tertiary/aromatic N) is 2. The molecular formula is C26H26N2O2S2. The fraction of sp³-hybridized carbons (Fsp3) is 0.308. The molecule has 4 nitrogen and oxygen atoms in total. The van der Waals surface area contributed by atoms with Crippen LogP contribution in [-0.2, 0) is 23.5 Å². The summed E-state index contributed by atoms with van der Waals surface area (Å²) in [7, 11) is 0. The van der Waals surface area contributed by atoms with Crippen LogP contribution in [0.5, 0.6) is 0 Å². The number of ether oxygens (including phenoxy) is 1. The average molecular weight is 463 g/mol. The van der Waals surface area contributed by atoms with Crippen LogP contribution in [-0.4, -0.2) is 15.7 Å². The van der Waals surface area contributed by atoms with E-state index < -0.39 is 0 Å². The summed E-state index contributed by atoms with van der Waals surface area (Å²) < 4.78 is 7.86. The first kappa shape index (κ1) is 21.4. The molecule has 1 aliphatic heterocycles. The number of hydrogen-bond donors (Lipinski definition) is 0. The highest BCUT2D eigenvalue weighted by molar-refractivity contribution is 7.98. The van der Waals surface area contributed by atoms with E-state index in [9.17, 15) is 4.79 Å². The lowest BCUT2D eigenvalue weighted by atomic mass is 9.96. The predicted octanol–water partition coefficient (Wildman–Crippen LogP) is 6.15. The van der Waals surface area contributed by atoms with Crippen LogP contribution < -0.4 is 5.56 Å². The van der Waals surface area contributed by atoms with E-state index in [4.69, 9.17) is 9.72 Å². The number of thiophene rings is 1. The molecular weight excluding hydrogens is 436 g/mol. The molecule has 0 radical (unpaired) electrons. The van der Waals surface area contributed by atoms with Gasteiger partial charge in [-0.2, -0.15) is 0 Å². The fourth-order valence-electron chi connectivity index (χ4n) is 4.08. The highest BCUT2D eigenvalue weighted by Crippen LogP contribution is 2.36. The van der Waals surface area contributed by atoms with Crippen molar-refractivity contribution in [2.75, 3.05) is 0 Å². The Kier molecular flexibility index (Phi) is 5.93. The molecule has 2 aromatic heterocycles. The molecule has 0 fully saturated rings. The van der Waals surface area contributed by atoms with Gasteiger partial charge in [0.15, 0.2) is 5.16 Å². The van der Waals surface area contributed by atoms with Gasteiger partial charge >= 0.3 is 0 Å². The van der Waals surface area contributed by atoms with Crippen molar-refractivity contribution in [3.05, 3.63) is 86.5 Å². The lowest BCUT2D eigenvalue weighted by Crippen LogP contribution is -2.28. The second kappa shape index (κ2) is 8.85. The first-order chi connectivity index (χ1) is 15.5. The quantitative estimate of drug-likeness (QED) is 0.264. The fourth-order valence-corrected chi connectivity index (χ4v) is 6.21. The van der Waals surface area contributed by atoms with Crippen LogP contribution in [0.1, 0.15) is 35.4 Å². The van der Waals surface area contributed by atoms with E-state index in [0.29, 0.717) is 12.5 Å². The van der Waals surface area contributed by atoms with Crippen molar-refractivity contribution in [3.63, 3.8) is 0 Å². The maximum absolute atomic E-state index is 13.9. The molecule has 5 rings (SSSR count). The Morgan fingerprint density at radius 3 is 2.62 bits per heavy atom. The van der Waals surface area contributed by atoms with E-state index in [0.717, 1.165) is 43.7 Å². The topological polar surface area (TPSA) is 44.1 Å². The van der Waals surface area contributed by atoms with Crippen molar-refractivity contribution < 1.29 is 4.74 Å². The van der Waals surface area contributed by atoms with E-state index in [1.165, 1.54) is 11.1 Å². The van der Waals surface area contributed by atoms with Crippen molar-refractivity contribution in [1.82, 2.24) is 9.55 Å². The predicted molar refractivity (Wildman–Crippen MR) is 133 cm³/mol. The summed E-state index contributed by atoms with van der Waals surface area (Å²) >= 11 is 3.21. The van der Waals surface area contributed by atoms with Crippen molar-refractivity contribution in [3.8, 4) is 5.69 Å². The smallest absolute Gasteiger partial charge is 0.267 e. The number of benzene rings is 2. The highest BCUT2D eigenvalue weighted by Gasteiger charge is 2.28. The number of fused-ring (bicyclic) bond motifs is 3. The Balaban J connectivity index is 1.66. The zero-order chi connectivity index (χ0) is 22.2. The van der Waals surface area contributed by atoms with E-state index in [1.807, 2.05) is 42.5 Å². The number of aryl methyl sites for hydroxylation is 1. The molecule has 0 saturated heterocycles. The van der Waals surface area contributed by atoms with Gasteiger partial charge in [0, 0.05) is 17.1 Å². The highest BCUT2D eigenvalue weighted by atomic mass is 32.2. The molecule has 0 unspecified atom stereocenters. The summed E-state index contributed by atoms with van der Waals surface area (Å²) in [6.07, 6.45) is 0.911. The van der Waals surface area contributed by atoms with Gasteiger partial charge in [-0.15, -0.1) is 11.3 Å². The van der Waals surface area contributed by atoms with Crippen LogP contribution in [0.2, 0.25) is 0 Å². The van der Waals surface area contributed by atoms with Crippen LogP contribution in [0.25, 0.3) is 15.9 Å². The monoisotopic (exact) mass is 462 g/mol. The van der Waals surface area contributed by atoms with Gasteiger partial charge in [-0.1, -0.05) is 73.6 Å². The maximum atomic E-state index is 13.9. The van der Waals surface area contributed by atoms with Gasteiger partial charge in [0.2, 0.25) is 0 Å². The lowest BCUT2D eigenvalue weighted by Gasteiger charge is -2.26. The molecule has 1 aliphatic rings. The molecule has 0 spiro atoms. The number of rotatable bonds is 5. The number of hydrogen-bond acceptors (Lipinski definition) is 5. The van der Waals surface area contributed by atoms with Gasteiger partial charge in [0.05, 0.1) is 23.8 Å². The van der Waals surface area contributed by atoms with Crippen LogP contribution >= 0.6 is 23.1 Å². The number of aromatic nitrogens is 2. The van der Waals surface area contributed by atoms with Gasteiger partial charge in [0.25, 0.3) is 5.56 Å². The second-order valence-electron chi connectivity index (χ2n) is 8.63. The normalized spacial score (nSPS) is 15.9. The third-order valence-corrected chi connectivity index (χ3v) is 8.07. The first-order valence-electron chi connectivity index (χ1n) is 10.9. The molecule has 32 heavy (non-hydrogen) atoms. The van der Waals surface area contributed by atoms with Crippen LogP contribution in [0.15, 0.2) is 64.5 Å². The van der Waals surface area contributed by atoms with Gasteiger partial charge in [-0.3, -0.25) is 9.36 Å². The third-order valence-electron chi connectivity index (χ3n) is 5.96. The van der Waals surface area contributed by atoms with E-state index in [1.54, 1.807) is 27.7 Å². The summed E-state index contributed by atoms with van der Waals surface area (Å²) in [4.78, 5) is 20.9. The summed E-state index contributed by atoms with van der Waals surface area (Å²) in [5.74, 6) is 1.17. The zero-order valence-corrected chi connectivity index (χ0v) is 20.1. The minimum Gasteiger partial charge on any atom is -0.372 e.